The second-order valence-electron chi connectivity index (χ2n) is 10.9. The van der Waals surface area contributed by atoms with Crippen LogP contribution < -0.4 is 0 Å². The highest BCUT2D eigenvalue weighted by atomic mass is 35.5. The van der Waals surface area contributed by atoms with Crippen molar-refractivity contribution in [1.29, 1.82) is 0 Å². The van der Waals surface area contributed by atoms with Crippen molar-refractivity contribution in [2.75, 3.05) is 39.0 Å². The number of benzene rings is 3. The number of likely N-dealkylation sites (N-methyl/N-ethyl adjacent to an activating group) is 1. The molecule has 2 aliphatic rings. The summed E-state index contributed by atoms with van der Waals surface area (Å²) < 4.78 is 53.4. The van der Waals surface area contributed by atoms with Crippen LogP contribution in [0, 0.1) is 0 Å². The maximum atomic E-state index is 13.2. The molecule has 1 fully saturated rings. The Morgan fingerprint density at radius 2 is 1.67 bits per heavy atom. The first-order valence-corrected chi connectivity index (χ1v) is 16.9. The van der Waals surface area contributed by atoms with E-state index in [0.29, 0.717) is 16.5 Å². The molecule has 2 heterocycles. The maximum absolute atomic E-state index is 13.2. The average molecular weight is 587 g/mol. The van der Waals surface area contributed by atoms with E-state index in [2.05, 4.69) is 4.90 Å². The second-order valence-corrected chi connectivity index (χ2v) is 15.3. The number of nitrogens with zero attached hydrogens (tertiary/aromatic N) is 2. The molecule has 0 radical (unpaired) electrons. The molecule has 0 saturated carbocycles. The average Bonchev–Trinajstić information content (AvgIpc) is 3.15. The highest BCUT2D eigenvalue weighted by Gasteiger charge is 2.48. The monoisotopic (exact) mass is 586 g/mol. The molecule has 39 heavy (non-hydrogen) atoms. The summed E-state index contributed by atoms with van der Waals surface area (Å²) in [6.07, 6.45) is 3.38. The van der Waals surface area contributed by atoms with E-state index < -0.39 is 19.9 Å². The van der Waals surface area contributed by atoms with Gasteiger partial charge in [-0.3, -0.25) is 0 Å². The second kappa shape index (κ2) is 11.3. The molecular formula is C30H35ClN2O4S2. The zero-order valence-corrected chi connectivity index (χ0v) is 24.6. The molecule has 0 aromatic heterocycles. The van der Waals surface area contributed by atoms with Crippen LogP contribution >= 0.6 is 11.6 Å². The smallest absolute Gasteiger partial charge is 0.242 e. The highest BCUT2D eigenvalue weighted by molar-refractivity contribution is 7.91. The summed E-state index contributed by atoms with van der Waals surface area (Å²) in [5.41, 5.74) is 1.75. The van der Waals surface area contributed by atoms with Crippen molar-refractivity contribution in [3.63, 3.8) is 0 Å². The van der Waals surface area contributed by atoms with Gasteiger partial charge in [-0.15, -0.1) is 0 Å². The molecule has 3 aromatic carbocycles. The molecule has 2 aliphatic heterocycles. The van der Waals surface area contributed by atoms with Crippen molar-refractivity contribution in [3.05, 3.63) is 95.0 Å². The Hall–Kier alpha value is -2.23. The quantitative estimate of drug-likeness (QED) is 0.338. The number of fused-ring (bicyclic) bond motifs is 2. The number of likely N-dealkylation sites (tertiary alicyclic amines) is 1. The van der Waals surface area contributed by atoms with Gasteiger partial charge in [0.15, 0.2) is 9.84 Å². The zero-order chi connectivity index (χ0) is 27.7. The molecular weight excluding hydrogens is 552 g/mol. The van der Waals surface area contributed by atoms with Crippen molar-refractivity contribution < 1.29 is 16.8 Å². The third-order valence-electron chi connectivity index (χ3n) is 8.35. The maximum Gasteiger partial charge on any atom is 0.242 e. The minimum absolute atomic E-state index is 0.00447. The molecule has 0 bridgehead atoms. The molecule has 1 unspecified atom stereocenters. The van der Waals surface area contributed by atoms with E-state index in [4.69, 9.17) is 11.6 Å². The normalized spacial score (nSPS) is 19.3. The molecule has 9 heteroatoms. The Morgan fingerprint density at radius 1 is 0.974 bits per heavy atom. The SMILES string of the molecule is CN(CC(CCCN1CCC2(CC1)CS(=O)(=O)c1ccccc12)c1cccc(Cl)c1)S(=O)(=O)c1ccccc1. The number of sulfone groups is 1. The van der Waals surface area contributed by atoms with Crippen LogP contribution in [-0.4, -0.2) is 65.0 Å². The van der Waals surface area contributed by atoms with E-state index in [1.807, 2.05) is 42.5 Å². The number of piperidine rings is 1. The van der Waals surface area contributed by atoms with Crippen LogP contribution in [0.25, 0.3) is 0 Å². The van der Waals surface area contributed by atoms with Crippen molar-refractivity contribution in [1.82, 2.24) is 9.21 Å². The number of halogens is 1. The molecule has 1 atom stereocenters. The van der Waals surface area contributed by atoms with Gasteiger partial charge in [0.1, 0.15) is 0 Å². The van der Waals surface area contributed by atoms with Gasteiger partial charge in [-0.25, -0.2) is 21.1 Å². The number of hydrogen-bond acceptors (Lipinski definition) is 5. The lowest BCUT2D eigenvalue weighted by Crippen LogP contribution is -2.44. The predicted octanol–water partition coefficient (Wildman–Crippen LogP) is 5.35. The van der Waals surface area contributed by atoms with Gasteiger partial charge in [0.25, 0.3) is 0 Å². The fourth-order valence-corrected chi connectivity index (χ4v) is 9.85. The number of sulfonamides is 1. The summed E-state index contributed by atoms with van der Waals surface area (Å²) in [7, 11) is -5.19. The van der Waals surface area contributed by atoms with Crippen molar-refractivity contribution >= 4 is 31.5 Å². The van der Waals surface area contributed by atoms with Crippen LogP contribution in [0.2, 0.25) is 5.02 Å². The van der Waals surface area contributed by atoms with Gasteiger partial charge in [-0.05, 0) is 92.7 Å². The third-order valence-corrected chi connectivity index (χ3v) is 12.4. The van der Waals surface area contributed by atoms with Gasteiger partial charge in [-0.2, -0.15) is 0 Å². The first-order valence-electron chi connectivity index (χ1n) is 13.4. The molecule has 5 rings (SSSR count). The molecule has 0 N–H and O–H groups in total. The van der Waals surface area contributed by atoms with E-state index in [0.717, 1.165) is 56.4 Å². The van der Waals surface area contributed by atoms with Crippen LogP contribution in [0.1, 0.15) is 42.7 Å². The highest BCUT2D eigenvalue weighted by Crippen LogP contribution is 2.46. The van der Waals surface area contributed by atoms with Crippen LogP contribution in [0.15, 0.2) is 88.7 Å². The Balaban J connectivity index is 1.23. The van der Waals surface area contributed by atoms with E-state index in [-0.39, 0.29) is 22.0 Å². The summed E-state index contributed by atoms with van der Waals surface area (Å²) in [4.78, 5) is 3.21. The van der Waals surface area contributed by atoms with E-state index in [1.165, 1.54) is 4.31 Å². The Bertz CT molecular complexity index is 1520. The third kappa shape index (κ3) is 5.95. The van der Waals surface area contributed by atoms with E-state index in [9.17, 15) is 16.8 Å². The summed E-state index contributed by atoms with van der Waals surface area (Å²) in [5, 5.41) is 0.638. The summed E-state index contributed by atoms with van der Waals surface area (Å²) in [5.74, 6) is 0.210. The lowest BCUT2D eigenvalue weighted by atomic mass is 9.74. The first kappa shape index (κ1) is 28.3. The standard InChI is InChI=1S/C30H35ClN2O4S2/c1-32(39(36,37)27-12-3-2-4-13-27)22-25(24-9-7-11-26(31)21-24)10-8-18-33-19-16-30(17-20-33)23-38(34,35)29-15-6-5-14-28(29)30/h2-7,9,11-15,21,25H,8,10,16-20,22-23H2,1H3. The Labute approximate surface area is 237 Å². The van der Waals surface area contributed by atoms with Gasteiger partial charge in [0, 0.05) is 24.0 Å². The van der Waals surface area contributed by atoms with Gasteiger partial charge in [-0.1, -0.05) is 60.1 Å². The molecule has 6 nitrogen and oxygen atoms in total. The molecule has 0 aliphatic carbocycles. The van der Waals surface area contributed by atoms with Crippen LogP contribution in [0.3, 0.4) is 0 Å². The van der Waals surface area contributed by atoms with Crippen molar-refractivity contribution in [2.45, 2.75) is 46.8 Å². The van der Waals surface area contributed by atoms with Crippen molar-refractivity contribution in [2.24, 2.45) is 0 Å². The molecule has 1 spiro atoms. The lowest BCUT2D eigenvalue weighted by Gasteiger charge is -2.39. The molecule has 3 aromatic rings. The van der Waals surface area contributed by atoms with Gasteiger partial charge >= 0.3 is 0 Å². The van der Waals surface area contributed by atoms with Gasteiger partial charge < -0.3 is 4.90 Å². The topological polar surface area (TPSA) is 74.8 Å². The van der Waals surface area contributed by atoms with Crippen molar-refractivity contribution in [3.8, 4) is 0 Å². The number of hydrogen-bond donors (Lipinski definition) is 0. The van der Waals surface area contributed by atoms with Gasteiger partial charge in [0.2, 0.25) is 10.0 Å². The van der Waals surface area contributed by atoms with Crippen LogP contribution in [0.4, 0.5) is 0 Å². The predicted molar refractivity (Wildman–Crippen MR) is 156 cm³/mol. The Morgan fingerprint density at radius 3 is 2.38 bits per heavy atom. The fourth-order valence-electron chi connectivity index (χ4n) is 6.18. The Kier molecular flexibility index (Phi) is 8.23. The summed E-state index contributed by atoms with van der Waals surface area (Å²) in [6.45, 7) is 2.95. The molecule has 1 saturated heterocycles. The lowest BCUT2D eigenvalue weighted by molar-refractivity contribution is 0.167. The minimum Gasteiger partial charge on any atom is -0.303 e. The molecule has 0 amide bonds. The fraction of sp³-hybridized carbons (Fsp3) is 0.400. The van der Waals surface area contributed by atoms with Crippen LogP contribution in [0.5, 0.6) is 0 Å². The van der Waals surface area contributed by atoms with Gasteiger partial charge in [0.05, 0.1) is 15.5 Å². The minimum atomic E-state index is -3.60. The summed E-state index contributed by atoms with van der Waals surface area (Å²) in [6, 6.07) is 23.7. The summed E-state index contributed by atoms with van der Waals surface area (Å²) >= 11 is 6.30. The van der Waals surface area contributed by atoms with E-state index >= 15 is 0 Å². The largest absolute Gasteiger partial charge is 0.303 e. The first-order chi connectivity index (χ1) is 18.6. The molecule has 208 valence electrons. The number of rotatable bonds is 9. The zero-order valence-electron chi connectivity index (χ0n) is 22.2. The van der Waals surface area contributed by atoms with E-state index in [1.54, 1.807) is 43.4 Å². The van der Waals surface area contributed by atoms with Crippen LogP contribution in [-0.2, 0) is 25.3 Å².